The van der Waals surface area contributed by atoms with Crippen molar-refractivity contribution in [2.24, 2.45) is 0 Å². The Morgan fingerprint density at radius 3 is 1.34 bits per heavy atom. The highest BCUT2D eigenvalue weighted by Gasteiger charge is 2.20. The lowest BCUT2D eigenvalue weighted by Gasteiger charge is -2.30. The summed E-state index contributed by atoms with van der Waals surface area (Å²) < 4.78 is 0. The Morgan fingerprint density at radius 1 is 0.463 bits per heavy atom. The van der Waals surface area contributed by atoms with E-state index in [-0.39, 0.29) is 0 Å². The highest BCUT2D eigenvalue weighted by atomic mass is 15.1. The number of benzene rings is 5. The van der Waals surface area contributed by atoms with Gasteiger partial charge in [0.15, 0.2) is 0 Å². The van der Waals surface area contributed by atoms with Crippen molar-refractivity contribution < 1.29 is 0 Å². The van der Waals surface area contributed by atoms with E-state index in [0.29, 0.717) is 0 Å². The van der Waals surface area contributed by atoms with Crippen LogP contribution in [-0.4, -0.2) is 0 Å². The first-order chi connectivity index (χ1) is 20.1. The van der Waals surface area contributed by atoms with Crippen LogP contribution in [0, 0.1) is 13.8 Å². The summed E-state index contributed by atoms with van der Waals surface area (Å²) in [5, 5.41) is 0. The lowest BCUT2D eigenvalue weighted by atomic mass is 9.90. The number of hydrogen-bond donors (Lipinski definition) is 0. The molecule has 1 aliphatic rings. The molecule has 0 spiro atoms. The molecular weight excluding hydrogens is 494 g/mol. The highest BCUT2D eigenvalue weighted by Crippen LogP contribution is 2.40. The van der Waals surface area contributed by atoms with Crippen molar-refractivity contribution in [3.8, 4) is 0 Å². The quantitative estimate of drug-likeness (QED) is 0.189. The monoisotopic (exact) mass is 531 g/mol. The predicted octanol–water partition coefficient (Wildman–Crippen LogP) is 11.0. The average molecular weight is 532 g/mol. The Morgan fingerprint density at radius 2 is 0.878 bits per heavy atom. The number of nitrogens with zero attached hydrogens (tertiary/aromatic N) is 1. The number of anilines is 3. The molecule has 0 unspecified atom stereocenters. The van der Waals surface area contributed by atoms with Gasteiger partial charge in [0.05, 0.1) is 0 Å². The fourth-order valence-electron chi connectivity index (χ4n) is 5.61. The first-order valence-corrected chi connectivity index (χ1v) is 14.7. The third-order valence-electron chi connectivity index (χ3n) is 8.01. The molecule has 0 atom stereocenters. The normalized spacial score (nSPS) is 13.0. The van der Waals surface area contributed by atoms with Crippen molar-refractivity contribution in [2.45, 2.75) is 39.5 Å². The minimum Gasteiger partial charge on any atom is -0.310 e. The summed E-state index contributed by atoms with van der Waals surface area (Å²) in [4.78, 5) is 2.44. The van der Waals surface area contributed by atoms with Gasteiger partial charge < -0.3 is 4.90 Å². The molecule has 0 N–H and O–H groups in total. The van der Waals surface area contributed by atoms with Crippen molar-refractivity contribution in [1.29, 1.82) is 0 Å². The Balaban J connectivity index is 1.32. The average Bonchev–Trinajstić information content (AvgIpc) is 3.02. The van der Waals surface area contributed by atoms with Crippen molar-refractivity contribution in [3.63, 3.8) is 0 Å². The summed E-state index contributed by atoms with van der Waals surface area (Å²) in [5.41, 5.74) is 14.0. The molecule has 1 nitrogen and oxygen atoms in total. The Hall–Kier alpha value is -4.62. The SMILES string of the molecule is Cc1ccc(/C=C/c2ccc(N(c3ccc(/C=C/c4ccc(C)cc4)cc3)c3cccc4c3CCCC4)cc2)cc1. The zero-order valence-electron chi connectivity index (χ0n) is 24.1. The van der Waals surface area contributed by atoms with Crippen LogP contribution in [0.25, 0.3) is 24.3 Å². The molecule has 0 fully saturated rings. The zero-order chi connectivity index (χ0) is 28.0. The van der Waals surface area contributed by atoms with Crippen LogP contribution >= 0.6 is 0 Å². The molecule has 6 rings (SSSR count). The molecule has 0 saturated heterocycles. The van der Waals surface area contributed by atoms with E-state index in [1.807, 2.05) is 0 Å². The molecule has 0 amide bonds. The highest BCUT2D eigenvalue weighted by molar-refractivity contribution is 5.81. The Labute approximate surface area is 245 Å². The molecule has 1 aliphatic carbocycles. The van der Waals surface area contributed by atoms with E-state index in [1.165, 1.54) is 80.8 Å². The Kier molecular flexibility index (Phi) is 7.96. The van der Waals surface area contributed by atoms with E-state index in [9.17, 15) is 0 Å². The van der Waals surface area contributed by atoms with Crippen LogP contribution in [0.3, 0.4) is 0 Å². The lowest BCUT2D eigenvalue weighted by Crippen LogP contribution is -2.15. The van der Waals surface area contributed by atoms with Gasteiger partial charge in [-0.1, -0.05) is 120 Å². The fraction of sp³-hybridized carbons (Fsp3) is 0.150. The van der Waals surface area contributed by atoms with Gasteiger partial charge in [-0.2, -0.15) is 0 Å². The standard InChI is InChI=1S/C40H37N/c1-30-10-14-32(15-11-30)18-20-34-22-26-37(27-23-34)41(40-9-5-7-36-6-3-4-8-39(36)40)38-28-24-35(25-29-38)21-19-33-16-12-31(2)13-17-33/h5,7,9-29H,3-4,6,8H2,1-2H3/b20-18+,21-19+. The molecule has 5 aromatic rings. The lowest BCUT2D eigenvalue weighted by molar-refractivity contribution is 0.686. The van der Waals surface area contributed by atoms with E-state index in [1.54, 1.807) is 0 Å². The summed E-state index contributed by atoms with van der Waals surface area (Å²) in [6.45, 7) is 4.25. The van der Waals surface area contributed by atoms with Gasteiger partial charge in [0.2, 0.25) is 0 Å². The van der Waals surface area contributed by atoms with Gasteiger partial charge in [-0.25, -0.2) is 0 Å². The van der Waals surface area contributed by atoms with Gasteiger partial charge in [0, 0.05) is 17.1 Å². The molecule has 0 bridgehead atoms. The molecule has 0 aromatic heterocycles. The maximum atomic E-state index is 2.44. The van der Waals surface area contributed by atoms with Gasteiger partial charge in [-0.05, 0) is 103 Å². The summed E-state index contributed by atoms with van der Waals surface area (Å²) in [5.74, 6) is 0. The van der Waals surface area contributed by atoms with Crippen LogP contribution < -0.4 is 4.90 Å². The van der Waals surface area contributed by atoms with E-state index in [2.05, 4.69) is 158 Å². The first-order valence-electron chi connectivity index (χ1n) is 14.7. The maximum Gasteiger partial charge on any atom is 0.0496 e. The molecule has 202 valence electrons. The van der Waals surface area contributed by atoms with Crippen LogP contribution in [0.5, 0.6) is 0 Å². The second-order valence-electron chi connectivity index (χ2n) is 11.1. The van der Waals surface area contributed by atoms with Crippen LogP contribution in [0.4, 0.5) is 17.1 Å². The molecule has 0 saturated carbocycles. The molecule has 1 heteroatoms. The number of fused-ring (bicyclic) bond motifs is 1. The second-order valence-corrected chi connectivity index (χ2v) is 11.1. The third kappa shape index (κ3) is 6.42. The number of aryl methyl sites for hydroxylation is 3. The maximum absolute atomic E-state index is 2.44. The fourth-order valence-corrected chi connectivity index (χ4v) is 5.61. The van der Waals surface area contributed by atoms with E-state index < -0.39 is 0 Å². The Bertz CT molecular complexity index is 1550. The number of rotatable bonds is 7. The van der Waals surface area contributed by atoms with Crippen LogP contribution in [0.15, 0.2) is 115 Å². The minimum atomic E-state index is 1.14. The van der Waals surface area contributed by atoms with E-state index in [0.717, 1.165) is 6.42 Å². The minimum absolute atomic E-state index is 1.14. The molecule has 5 aromatic carbocycles. The van der Waals surface area contributed by atoms with E-state index in [4.69, 9.17) is 0 Å². The summed E-state index contributed by atoms with van der Waals surface area (Å²) in [6, 6.07) is 42.0. The molecule has 0 aliphatic heterocycles. The van der Waals surface area contributed by atoms with Crippen molar-refractivity contribution >= 4 is 41.4 Å². The number of hydrogen-bond acceptors (Lipinski definition) is 1. The molecular formula is C40H37N. The van der Waals surface area contributed by atoms with Crippen molar-refractivity contribution in [2.75, 3.05) is 4.90 Å². The van der Waals surface area contributed by atoms with Crippen LogP contribution in [-0.2, 0) is 12.8 Å². The molecule has 0 radical (unpaired) electrons. The van der Waals surface area contributed by atoms with Gasteiger partial charge in [0.1, 0.15) is 0 Å². The summed E-state index contributed by atoms with van der Waals surface area (Å²) in [6.07, 6.45) is 13.6. The largest absolute Gasteiger partial charge is 0.310 e. The van der Waals surface area contributed by atoms with Gasteiger partial charge in [-0.3, -0.25) is 0 Å². The van der Waals surface area contributed by atoms with Crippen molar-refractivity contribution in [1.82, 2.24) is 0 Å². The molecule has 0 heterocycles. The summed E-state index contributed by atoms with van der Waals surface area (Å²) in [7, 11) is 0. The third-order valence-corrected chi connectivity index (χ3v) is 8.01. The van der Waals surface area contributed by atoms with Crippen LogP contribution in [0.1, 0.15) is 57.3 Å². The predicted molar refractivity (Wildman–Crippen MR) is 178 cm³/mol. The topological polar surface area (TPSA) is 3.24 Å². The van der Waals surface area contributed by atoms with Crippen LogP contribution in [0.2, 0.25) is 0 Å². The zero-order valence-corrected chi connectivity index (χ0v) is 24.1. The van der Waals surface area contributed by atoms with E-state index >= 15 is 0 Å². The smallest absolute Gasteiger partial charge is 0.0496 e. The second kappa shape index (κ2) is 12.3. The van der Waals surface area contributed by atoms with Gasteiger partial charge >= 0.3 is 0 Å². The first kappa shape index (κ1) is 26.6. The van der Waals surface area contributed by atoms with Gasteiger partial charge in [-0.15, -0.1) is 0 Å². The van der Waals surface area contributed by atoms with Gasteiger partial charge in [0.25, 0.3) is 0 Å². The summed E-state index contributed by atoms with van der Waals surface area (Å²) >= 11 is 0. The molecule has 41 heavy (non-hydrogen) atoms. The van der Waals surface area contributed by atoms with Crippen molar-refractivity contribution in [3.05, 3.63) is 160 Å².